The van der Waals surface area contributed by atoms with Crippen molar-refractivity contribution in [3.05, 3.63) is 59.4 Å². The number of nitrogens with one attached hydrogen (secondary N) is 1. The van der Waals surface area contributed by atoms with Crippen LogP contribution in [0, 0.1) is 0 Å². The van der Waals surface area contributed by atoms with Crippen LogP contribution >= 0.6 is 11.3 Å². The van der Waals surface area contributed by atoms with Gasteiger partial charge in [-0.2, -0.15) is 17.9 Å². The van der Waals surface area contributed by atoms with E-state index >= 15 is 0 Å². The summed E-state index contributed by atoms with van der Waals surface area (Å²) in [6.07, 6.45) is -4.04. The van der Waals surface area contributed by atoms with Gasteiger partial charge in [0, 0.05) is 25.1 Å². The zero-order valence-electron chi connectivity index (χ0n) is 21.9. The number of carboxylic acids is 1. The monoisotopic (exact) mass is 629 g/mol. The van der Waals surface area contributed by atoms with Gasteiger partial charge in [0.15, 0.2) is 0 Å². The lowest BCUT2D eigenvalue weighted by atomic mass is 10.0. The highest BCUT2D eigenvalue weighted by Crippen LogP contribution is 2.53. The topological polar surface area (TPSA) is 148 Å². The Hall–Kier alpha value is -3.47. The fraction of sp³-hybridized carbons (Fsp3) is 0.423. The molecule has 1 saturated heterocycles. The highest BCUT2D eigenvalue weighted by molar-refractivity contribution is 7.91. The highest BCUT2D eigenvalue weighted by atomic mass is 32.2. The molecule has 2 atom stereocenters. The minimum absolute atomic E-state index is 0.0125. The van der Waals surface area contributed by atoms with Crippen molar-refractivity contribution in [3.63, 3.8) is 0 Å². The number of aryl methyl sites for hydroxylation is 1. The highest BCUT2D eigenvalue weighted by Gasteiger charge is 2.63. The second kappa shape index (κ2) is 11.7. The number of halogens is 3. The molecule has 0 spiro atoms. The van der Waals surface area contributed by atoms with Crippen LogP contribution in [0.1, 0.15) is 35.6 Å². The molecule has 2 unspecified atom stereocenters. The number of alkyl halides is 3. The maximum Gasteiger partial charge on any atom is 0.452 e. The molecule has 2 fully saturated rings. The van der Waals surface area contributed by atoms with Gasteiger partial charge in [-0.15, -0.1) is 11.3 Å². The quantitative estimate of drug-likeness (QED) is 0.316. The third-order valence-corrected chi connectivity index (χ3v) is 10.1. The lowest BCUT2D eigenvalue weighted by Gasteiger charge is -2.25. The number of morpholine rings is 1. The van der Waals surface area contributed by atoms with Crippen LogP contribution in [0.2, 0.25) is 0 Å². The third kappa shape index (κ3) is 6.45. The molecule has 1 saturated carbocycles. The van der Waals surface area contributed by atoms with Gasteiger partial charge in [0.1, 0.15) is 15.4 Å². The van der Waals surface area contributed by atoms with Gasteiger partial charge in [0.2, 0.25) is 5.76 Å². The number of aliphatic carboxylic acids is 1. The third-order valence-electron chi connectivity index (χ3n) is 7.01. The van der Waals surface area contributed by atoms with Gasteiger partial charge >= 0.3 is 18.2 Å². The molecule has 42 heavy (non-hydrogen) atoms. The predicted octanol–water partition coefficient (Wildman–Crippen LogP) is 4.11. The molecule has 2 aromatic heterocycles. The molecule has 11 nitrogen and oxygen atoms in total. The standard InChI is InChI=1S/C26H26F3N3O8S2/c27-26(28,29)21-14-19(30-40-21)20-6-7-22(41-20)42(36,37)31-25(23(33)34)15-18(25)17-5-1-3-16(13-17)4-2-10-39-24(35)32-8-11-38-12-9-32/h1,3,5-7,13-14,18,31H,2,4,8-12,15H2,(H,33,34). The van der Waals surface area contributed by atoms with Crippen LogP contribution in [0.25, 0.3) is 10.6 Å². The summed E-state index contributed by atoms with van der Waals surface area (Å²) in [7, 11) is -4.35. The number of sulfonamides is 1. The zero-order chi connectivity index (χ0) is 30.1. The largest absolute Gasteiger partial charge is 0.480 e. The molecule has 2 aliphatic rings. The number of rotatable bonds is 10. The lowest BCUT2D eigenvalue weighted by molar-refractivity contribution is -0.155. The van der Waals surface area contributed by atoms with Crippen molar-refractivity contribution in [3.8, 4) is 10.6 Å². The van der Waals surface area contributed by atoms with Crippen molar-refractivity contribution in [2.24, 2.45) is 0 Å². The second-order valence-electron chi connectivity index (χ2n) is 9.89. The molecule has 0 radical (unpaired) electrons. The Kier molecular flexibility index (Phi) is 8.33. The number of thiophene rings is 1. The molecule has 1 amide bonds. The Morgan fingerprint density at radius 3 is 2.64 bits per heavy atom. The summed E-state index contributed by atoms with van der Waals surface area (Å²) in [5.74, 6) is -3.32. The fourth-order valence-corrected chi connectivity index (χ4v) is 7.38. The molecular formula is C26H26F3N3O8S2. The van der Waals surface area contributed by atoms with Crippen LogP contribution in [0.5, 0.6) is 0 Å². The number of benzene rings is 1. The maximum atomic E-state index is 13.1. The summed E-state index contributed by atoms with van der Waals surface area (Å²) in [5, 5.41) is 13.4. The molecule has 3 aromatic rings. The van der Waals surface area contributed by atoms with Crippen molar-refractivity contribution in [2.45, 2.75) is 41.1 Å². The molecular weight excluding hydrogens is 603 g/mol. The summed E-state index contributed by atoms with van der Waals surface area (Å²) >= 11 is 0.640. The normalized spacial score (nSPS) is 20.8. The first-order chi connectivity index (χ1) is 19.9. The van der Waals surface area contributed by atoms with E-state index in [4.69, 9.17) is 9.47 Å². The Morgan fingerprint density at radius 1 is 1.19 bits per heavy atom. The fourth-order valence-electron chi connectivity index (χ4n) is 4.71. The van der Waals surface area contributed by atoms with Gasteiger partial charge in [0.05, 0.1) is 24.7 Å². The van der Waals surface area contributed by atoms with E-state index in [1.54, 1.807) is 23.1 Å². The van der Waals surface area contributed by atoms with E-state index in [0.29, 0.717) is 62.1 Å². The van der Waals surface area contributed by atoms with Gasteiger partial charge in [-0.05, 0) is 42.5 Å². The number of amides is 1. The van der Waals surface area contributed by atoms with Crippen molar-refractivity contribution in [1.82, 2.24) is 14.8 Å². The van der Waals surface area contributed by atoms with Crippen molar-refractivity contribution in [1.29, 1.82) is 0 Å². The minimum Gasteiger partial charge on any atom is -0.480 e. The first kappa shape index (κ1) is 30.0. The number of hydrogen-bond donors (Lipinski definition) is 2. The molecule has 1 aliphatic carbocycles. The summed E-state index contributed by atoms with van der Waals surface area (Å²) < 4.78 is 81.7. The van der Waals surface area contributed by atoms with Gasteiger partial charge in [0.25, 0.3) is 10.0 Å². The molecule has 1 aliphatic heterocycles. The Bertz CT molecular complexity index is 1570. The first-order valence-electron chi connectivity index (χ1n) is 12.9. The van der Waals surface area contributed by atoms with E-state index in [1.165, 1.54) is 12.1 Å². The molecule has 5 rings (SSSR count). The SMILES string of the molecule is O=C(OCCCc1cccc(C2CC2(NS(=O)(=O)c2ccc(-c3cc(C(F)(F)F)on3)s2)C(=O)O)c1)N1CCOCC1. The first-order valence-corrected chi connectivity index (χ1v) is 15.2. The average Bonchev–Trinajstić information content (AvgIpc) is 3.29. The number of nitrogens with zero attached hydrogens (tertiary/aromatic N) is 2. The van der Waals surface area contributed by atoms with Crippen LogP contribution in [0.3, 0.4) is 0 Å². The van der Waals surface area contributed by atoms with Crippen LogP contribution in [0.4, 0.5) is 18.0 Å². The smallest absolute Gasteiger partial charge is 0.452 e. The van der Waals surface area contributed by atoms with E-state index in [-0.39, 0.29) is 27.8 Å². The number of hydrogen-bond acceptors (Lipinski definition) is 9. The van der Waals surface area contributed by atoms with Crippen LogP contribution in [-0.2, 0) is 36.9 Å². The minimum atomic E-state index is -4.75. The van der Waals surface area contributed by atoms with E-state index in [0.717, 1.165) is 5.56 Å². The summed E-state index contributed by atoms with van der Waals surface area (Å²) in [4.78, 5) is 26.1. The average molecular weight is 630 g/mol. The van der Waals surface area contributed by atoms with Crippen LogP contribution in [0.15, 0.2) is 51.2 Å². The lowest BCUT2D eigenvalue weighted by Crippen LogP contribution is -2.44. The number of carboxylic acid groups (broad SMARTS) is 1. The van der Waals surface area contributed by atoms with Crippen LogP contribution in [-0.4, -0.2) is 74.1 Å². The summed E-state index contributed by atoms with van der Waals surface area (Å²) in [6.45, 7) is 2.11. The summed E-state index contributed by atoms with van der Waals surface area (Å²) in [6, 6.07) is 10.2. The second-order valence-corrected chi connectivity index (χ2v) is 12.9. The Balaban J connectivity index is 1.22. The van der Waals surface area contributed by atoms with Gasteiger partial charge < -0.3 is 24.0 Å². The van der Waals surface area contributed by atoms with Crippen molar-refractivity contribution in [2.75, 3.05) is 32.9 Å². The number of aromatic nitrogens is 1. The van der Waals surface area contributed by atoms with E-state index in [9.17, 15) is 36.3 Å². The number of carbonyl (C=O) groups excluding carboxylic acids is 1. The number of carbonyl (C=O) groups is 2. The predicted molar refractivity (Wildman–Crippen MR) is 141 cm³/mol. The maximum absolute atomic E-state index is 13.1. The molecule has 1 aromatic carbocycles. The van der Waals surface area contributed by atoms with E-state index in [2.05, 4.69) is 14.4 Å². The molecule has 0 bridgehead atoms. The zero-order valence-corrected chi connectivity index (χ0v) is 23.6. The van der Waals surface area contributed by atoms with Gasteiger partial charge in [-0.3, -0.25) is 4.79 Å². The molecule has 3 heterocycles. The summed E-state index contributed by atoms with van der Waals surface area (Å²) in [5.41, 5.74) is -0.472. The Morgan fingerprint density at radius 2 is 1.95 bits per heavy atom. The Labute approximate surface area is 242 Å². The van der Waals surface area contributed by atoms with Crippen molar-refractivity contribution < 1.29 is 50.3 Å². The number of ether oxygens (including phenoxy) is 2. The molecule has 16 heteroatoms. The van der Waals surface area contributed by atoms with Gasteiger partial charge in [-0.25, -0.2) is 13.2 Å². The van der Waals surface area contributed by atoms with Crippen LogP contribution < -0.4 is 4.72 Å². The molecule has 226 valence electrons. The van der Waals surface area contributed by atoms with Gasteiger partial charge in [-0.1, -0.05) is 29.4 Å². The molecule has 2 N–H and O–H groups in total. The van der Waals surface area contributed by atoms with Crippen molar-refractivity contribution >= 4 is 33.4 Å². The van der Waals surface area contributed by atoms with E-state index < -0.39 is 45.5 Å². The van der Waals surface area contributed by atoms with E-state index in [1.807, 2.05) is 6.07 Å².